The van der Waals surface area contributed by atoms with Gasteiger partial charge in [0.2, 0.25) is 0 Å². The number of hydrogen-bond acceptors (Lipinski definition) is 4. The second kappa shape index (κ2) is 11.2. The molecule has 3 rings (SSSR count). The van der Waals surface area contributed by atoms with Crippen LogP contribution in [0.5, 0.6) is 0 Å². The Bertz CT molecular complexity index is 573. The molecule has 152 valence electrons. The summed E-state index contributed by atoms with van der Waals surface area (Å²) in [5, 5.41) is 3.61. The van der Waals surface area contributed by atoms with Crippen LogP contribution < -0.4 is 5.32 Å². The SMILES string of the molecule is CN=C(NCC1CN(C)CCN1C)N1CCN(Cc2ccccc2)CC1.I. The zero-order valence-corrected chi connectivity index (χ0v) is 19.3. The molecule has 1 aromatic carbocycles. The summed E-state index contributed by atoms with van der Waals surface area (Å²) in [5.74, 6) is 1.05. The average molecular weight is 486 g/mol. The van der Waals surface area contributed by atoms with Gasteiger partial charge in [0, 0.05) is 72.0 Å². The lowest BCUT2D eigenvalue weighted by atomic mass is 10.2. The topological polar surface area (TPSA) is 37.4 Å². The van der Waals surface area contributed by atoms with E-state index in [1.54, 1.807) is 0 Å². The van der Waals surface area contributed by atoms with Gasteiger partial charge in [-0.1, -0.05) is 30.3 Å². The van der Waals surface area contributed by atoms with E-state index in [9.17, 15) is 0 Å². The van der Waals surface area contributed by atoms with Crippen molar-refractivity contribution in [3.8, 4) is 0 Å². The Balaban J connectivity index is 0.00000261. The van der Waals surface area contributed by atoms with Crippen LogP contribution in [-0.2, 0) is 6.54 Å². The molecule has 2 heterocycles. The van der Waals surface area contributed by atoms with Crippen LogP contribution in [0, 0.1) is 0 Å². The predicted octanol–water partition coefficient (Wildman–Crippen LogP) is 1.24. The third-order valence-corrected chi connectivity index (χ3v) is 5.61. The lowest BCUT2D eigenvalue weighted by molar-refractivity contribution is 0.115. The van der Waals surface area contributed by atoms with Gasteiger partial charge >= 0.3 is 0 Å². The van der Waals surface area contributed by atoms with Crippen LogP contribution in [0.1, 0.15) is 5.56 Å². The first kappa shape index (κ1) is 22.4. The number of hydrogen-bond donors (Lipinski definition) is 1. The number of aliphatic imine (C=N–C) groups is 1. The van der Waals surface area contributed by atoms with Gasteiger partial charge in [0.05, 0.1) is 0 Å². The minimum Gasteiger partial charge on any atom is -0.355 e. The van der Waals surface area contributed by atoms with E-state index in [1.807, 2.05) is 7.05 Å². The summed E-state index contributed by atoms with van der Waals surface area (Å²) >= 11 is 0. The summed E-state index contributed by atoms with van der Waals surface area (Å²) in [6.45, 7) is 9.65. The standard InChI is InChI=1S/C20H34N6.HI/c1-21-20(22-15-19-17-23(2)9-10-24(19)3)26-13-11-25(12-14-26)16-18-7-5-4-6-8-18;/h4-8,19H,9-17H2,1-3H3,(H,21,22);1H. The minimum atomic E-state index is 0. The molecule has 0 saturated carbocycles. The summed E-state index contributed by atoms with van der Waals surface area (Å²) in [4.78, 5) is 14.3. The molecule has 0 spiro atoms. The Hall–Kier alpha value is -0.900. The Kier molecular flexibility index (Phi) is 9.28. The van der Waals surface area contributed by atoms with Crippen molar-refractivity contribution >= 4 is 29.9 Å². The molecule has 1 N–H and O–H groups in total. The fourth-order valence-corrected chi connectivity index (χ4v) is 3.82. The molecule has 0 amide bonds. The fourth-order valence-electron chi connectivity index (χ4n) is 3.82. The normalized spacial score (nSPS) is 23.1. The minimum absolute atomic E-state index is 0. The number of nitrogens with one attached hydrogen (secondary N) is 1. The predicted molar refractivity (Wildman–Crippen MR) is 124 cm³/mol. The number of likely N-dealkylation sites (N-methyl/N-ethyl adjacent to an activating group) is 2. The van der Waals surface area contributed by atoms with Crippen molar-refractivity contribution in [1.29, 1.82) is 0 Å². The Morgan fingerprint density at radius 2 is 1.74 bits per heavy atom. The zero-order valence-electron chi connectivity index (χ0n) is 17.0. The van der Waals surface area contributed by atoms with Crippen molar-refractivity contribution in [2.24, 2.45) is 4.99 Å². The van der Waals surface area contributed by atoms with E-state index in [1.165, 1.54) is 5.56 Å². The Labute approximate surface area is 181 Å². The maximum atomic E-state index is 4.53. The second-order valence-electron chi connectivity index (χ2n) is 7.57. The number of halogens is 1. The van der Waals surface area contributed by atoms with E-state index in [0.29, 0.717) is 6.04 Å². The van der Waals surface area contributed by atoms with E-state index >= 15 is 0 Å². The average Bonchev–Trinajstić information content (AvgIpc) is 2.67. The molecule has 7 heteroatoms. The van der Waals surface area contributed by atoms with Crippen LogP contribution in [-0.4, -0.2) is 105 Å². The van der Waals surface area contributed by atoms with E-state index < -0.39 is 0 Å². The highest BCUT2D eigenvalue weighted by molar-refractivity contribution is 14.0. The first-order valence-electron chi connectivity index (χ1n) is 9.76. The molecule has 1 atom stereocenters. The largest absolute Gasteiger partial charge is 0.355 e. The van der Waals surface area contributed by atoms with Crippen LogP contribution in [0.4, 0.5) is 0 Å². The third-order valence-electron chi connectivity index (χ3n) is 5.61. The van der Waals surface area contributed by atoms with E-state index in [4.69, 9.17) is 0 Å². The number of benzene rings is 1. The van der Waals surface area contributed by atoms with Gasteiger partial charge in [0.25, 0.3) is 0 Å². The molecular formula is C20H35IN6. The van der Waals surface area contributed by atoms with Gasteiger partial charge in [0.1, 0.15) is 0 Å². The molecule has 1 aromatic rings. The molecule has 1 unspecified atom stereocenters. The Morgan fingerprint density at radius 3 is 2.41 bits per heavy atom. The van der Waals surface area contributed by atoms with Crippen molar-refractivity contribution in [3.63, 3.8) is 0 Å². The highest BCUT2D eigenvalue weighted by Crippen LogP contribution is 2.09. The third kappa shape index (κ3) is 6.58. The molecule has 2 fully saturated rings. The van der Waals surface area contributed by atoms with E-state index in [-0.39, 0.29) is 24.0 Å². The lowest BCUT2D eigenvalue weighted by Crippen LogP contribution is -2.57. The molecule has 2 saturated heterocycles. The molecule has 2 aliphatic heterocycles. The van der Waals surface area contributed by atoms with Crippen LogP contribution in [0.2, 0.25) is 0 Å². The fraction of sp³-hybridized carbons (Fsp3) is 0.650. The lowest BCUT2D eigenvalue weighted by Gasteiger charge is -2.40. The summed E-state index contributed by atoms with van der Waals surface area (Å²) in [6, 6.07) is 11.3. The van der Waals surface area contributed by atoms with Crippen LogP contribution in [0.3, 0.4) is 0 Å². The van der Waals surface area contributed by atoms with Gasteiger partial charge in [-0.05, 0) is 19.7 Å². The summed E-state index contributed by atoms with van der Waals surface area (Å²) in [6.07, 6.45) is 0. The smallest absolute Gasteiger partial charge is 0.193 e. The van der Waals surface area contributed by atoms with Gasteiger partial charge in [0.15, 0.2) is 5.96 Å². The maximum Gasteiger partial charge on any atom is 0.193 e. The summed E-state index contributed by atoms with van der Waals surface area (Å²) in [5.41, 5.74) is 1.40. The monoisotopic (exact) mass is 486 g/mol. The molecule has 27 heavy (non-hydrogen) atoms. The van der Waals surface area contributed by atoms with E-state index in [0.717, 1.165) is 64.9 Å². The molecule has 0 aromatic heterocycles. The molecule has 0 bridgehead atoms. The van der Waals surface area contributed by atoms with Crippen molar-refractivity contribution in [3.05, 3.63) is 35.9 Å². The highest BCUT2D eigenvalue weighted by atomic mass is 127. The summed E-state index contributed by atoms with van der Waals surface area (Å²) < 4.78 is 0. The van der Waals surface area contributed by atoms with Crippen molar-refractivity contribution < 1.29 is 0 Å². The number of piperazine rings is 2. The molecule has 2 aliphatic rings. The van der Waals surface area contributed by atoms with Crippen LogP contribution in [0.15, 0.2) is 35.3 Å². The molecule has 0 radical (unpaired) electrons. The van der Waals surface area contributed by atoms with Crippen molar-refractivity contribution in [1.82, 2.24) is 24.9 Å². The molecule has 6 nitrogen and oxygen atoms in total. The molecular weight excluding hydrogens is 451 g/mol. The molecule has 0 aliphatic carbocycles. The maximum absolute atomic E-state index is 4.53. The summed E-state index contributed by atoms with van der Waals surface area (Å²) in [7, 11) is 6.33. The van der Waals surface area contributed by atoms with Crippen molar-refractivity contribution in [2.75, 3.05) is 73.5 Å². The first-order chi connectivity index (χ1) is 12.7. The number of guanidine groups is 1. The van der Waals surface area contributed by atoms with Crippen LogP contribution in [0.25, 0.3) is 0 Å². The van der Waals surface area contributed by atoms with E-state index in [2.05, 4.69) is 74.3 Å². The highest BCUT2D eigenvalue weighted by Gasteiger charge is 2.24. The van der Waals surface area contributed by atoms with Crippen molar-refractivity contribution in [2.45, 2.75) is 12.6 Å². The number of nitrogens with zero attached hydrogens (tertiary/aromatic N) is 5. The van der Waals surface area contributed by atoms with Gasteiger partial charge < -0.3 is 15.1 Å². The zero-order chi connectivity index (χ0) is 18.4. The van der Waals surface area contributed by atoms with Gasteiger partial charge in [-0.3, -0.25) is 14.8 Å². The number of rotatable bonds is 4. The van der Waals surface area contributed by atoms with Gasteiger partial charge in [-0.2, -0.15) is 0 Å². The second-order valence-corrected chi connectivity index (χ2v) is 7.57. The first-order valence-corrected chi connectivity index (χ1v) is 9.76. The van der Waals surface area contributed by atoms with Gasteiger partial charge in [-0.25, -0.2) is 0 Å². The van der Waals surface area contributed by atoms with Crippen LogP contribution >= 0.6 is 24.0 Å². The van der Waals surface area contributed by atoms with Gasteiger partial charge in [-0.15, -0.1) is 24.0 Å². The quantitative estimate of drug-likeness (QED) is 0.394. The Morgan fingerprint density at radius 1 is 1.04 bits per heavy atom.